The molecular weight excluding hydrogens is 444 g/mol. The van der Waals surface area contributed by atoms with Crippen molar-refractivity contribution in [3.05, 3.63) is 136 Å². The maximum absolute atomic E-state index is 13.8. The monoisotopic (exact) mass is 466 g/mol. The molecule has 3 aromatic carbocycles. The molecule has 0 radical (unpaired) electrons. The van der Waals surface area contributed by atoms with E-state index >= 15 is 0 Å². The Bertz CT molecular complexity index is 1300. The molecule has 1 atom stereocenters. The number of aromatic nitrogens is 1. The summed E-state index contributed by atoms with van der Waals surface area (Å²) in [5.41, 5.74) is 1.89. The number of pyridine rings is 1. The largest absolute Gasteiger partial charge is 0.324 e. The Labute approximate surface area is 202 Å². The average molecular weight is 466 g/mol. The molecule has 1 heterocycles. The summed E-state index contributed by atoms with van der Waals surface area (Å²) in [5, 5.41) is 13.9. The molecule has 0 bridgehead atoms. The topological polar surface area (TPSA) is 105 Å². The molecule has 4 aromatic rings. The fourth-order valence-electron chi connectivity index (χ4n) is 3.66. The van der Waals surface area contributed by atoms with E-state index < -0.39 is 22.8 Å². The van der Waals surface area contributed by atoms with Gasteiger partial charge in [-0.05, 0) is 42.0 Å². The van der Waals surface area contributed by atoms with E-state index in [4.69, 9.17) is 0 Å². The lowest BCUT2D eigenvalue weighted by atomic mass is 10.1. The number of hydrogen-bond acceptors (Lipinski definition) is 5. The van der Waals surface area contributed by atoms with Crippen LogP contribution in [0.15, 0.2) is 109 Å². The SMILES string of the molecule is O=C(Nc1ccccc1)C(c1ccccn1)N(Cc1ccccc1)C(=O)c1ccc([N+](=O)[O-])cc1. The molecule has 0 aliphatic carbocycles. The highest BCUT2D eigenvalue weighted by Crippen LogP contribution is 2.26. The van der Waals surface area contributed by atoms with E-state index in [-0.39, 0.29) is 17.8 Å². The number of nitrogens with zero attached hydrogens (tertiary/aromatic N) is 3. The quantitative estimate of drug-likeness (QED) is 0.290. The molecule has 4 rings (SSSR count). The molecule has 1 aromatic heterocycles. The zero-order chi connectivity index (χ0) is 24.6. The second-order valence-corrected chi connectivity index (χ2v) is 7.74. The summed E-state index contributed by atoms with van der Waals surface area (Å²) in [6, 6.07) is 27.7. The van der Waals surface area contributed by atoms with Crippen molar-refractivity contribution in [3.63, 3.8) is 0 Å². The van der Waals surface area contributed by atoms with E-state index in [1.54, 1.807) is 48.7 Å². The molecule has 0 saturated heterocycles. The molecule has 1 N–H and O–H groups in total. The lowest BCUT2D eigenvalue weighted by Crippen LogP contribution is -2.41. The van der Waals surface area contributed by atoms with Gasteiger partial charge in [0.05, 0.1) is 10.6 Å². The van der Waals surface area contributed by atoms with Crippen LogP contribution < -0.4 is 5.32 Å². The number of non-ortho nitro benzene ring substituents is 1. The van der Waals surface area contributed by atoms with Gasteiger partial charge < -0.3 is 10.2 Å². The highest BCUT2D eigenvalue weighted by atomic mass is 16.6. The third-order valence-electron chi connectivity index (χ3n) is 5.35. The maximum Gasteiger partial charge on any atom is 0.269 e. The lowest BCUT2D eigenvalue weighted by Gasteiger charge is -2.31. The third kappa shape index (κ3) is 5.75. The van der Waals surface area contributed by atoms with E-state index in [2.05, 4.69) is 10.3 Å². The summed E-state index contributed by atoms with van der Waals surface area (Å²) in [6.45, 7) is 0.125. The Morgan fingerprint density at radius 3 is 2.09 bits per heavy atom. The number of hydrogen-bond donors (Lipinski definition) is 1. The summed E-state index contributed by atoms with van der Waals surface area (Å²) in [5.74, 6) is -0.885. The number of carbonyl (C=O) groups excluding carboxylic acids is 2. The highest BCUT2D eigenvalue weighted by molar-refractivity contribution is 6.01. The van der Waals surface area contributed by atoms with Gasteiger partial charge in [-0.2, -0.15) is 0 Å². The molecule has 0 spiro atoms. The van der Waals surface area contributed by atoms with E-state index in [9.17, 15) is 19.7 Å². The van der Waals surface area contributed by atoms with Gasteiger partial charge in [-0.1, -0.05) is 54.6 Å². The Kier molecular flexibility index (Phi) is 7.22. The molecular formula is C27H22N4O4. The van der Waals surface area contributed by atoms with Gasteiger partial charge in [0.15, 0.2) is 6.04 Å². The van der Waals surface area contributed by atoms with Crippen LogP contribution in [0.2, 0.25) is 0 Å². The van der Waals surface area contributed by atoms with Gasteiger partial charge in [-0.15, -0.1) is 0 Å². The Morgan fingerprint density at radius 2 is 1.49 bits per heavy atom. The van der Waals surface area contributed by atoms with Gasteiger partial charge in [-0.3, -0.25) is 24.7 Å². The van der Waals surface area contributed by atoms with Gasteiger partial charge in [0.1, 0.15) is 0 Å². The predicted molar refractivity (Wildman–Crippen MR) is 131 cm³/mol. The molecule has 1 unspecified atom stereocenters. The van der Waals surface area contributed by atoms with E-state index in [1.807, 2.05) is 36.4 Å². The normalized spacial score (nSPS) is 11.3. The summed E-state index contributed by atoms with van der Waals surface area (Å²) in [6.07, 6.45) is 1.56. The minimum Gasteiger partial charge on any atom is -0.324 e. The summed E-state index contributed by atoms with van der Waals surface area (Å²) >= 11 is 0. The van der Waals surface area contributed by atoms with E-state index in [0.717, 1.165) is 5.56 Å². The van der Waals surface area contributed by atoms with Crippen molar-refractivity contribution >= 4 is 23.2 Å². The number of para-hydroxylation sites is 1. The van der Waals surface area contributed by atoms with Gasteiger partial charge in [0.2, 0.25) is 0 Å². The second-order valence-electron chi connectivity index (χ2n) is 7.74. The van der Waals surface area contributed by atoms with Crippen molar-refractivity contribution < 1.29 is 14.5 Å². The van der Waals surface area contributed by atoms with Crippen LogP contribution in [-0.2, 0) is 11.3 Å². The number of benzene rings is 3. The lowest BCUT2D eigenvalue weighted by molar-refractivity contribution is -0.384. The predicted octanol–water partition coefficient (Wildman–Crippen LogP) is 5.01. The Hall–Kier alpha value is -4.85. The maximum atomic E-state index is 13.8. The van der Waals surface area contributed by atoms with Crippen molar-refractivity contribution in [1.82, 2.24) is 9.88 Å². The summed E-state index contributed by atoms with van der Waals surface area (Å²) < 4.78 is 0. The number of nitrogens with one attached hydrogen (secondary N) is 1. The van der Waals surface area contributed by atoms with Crippen LogP contribution in [0.25, 0.3) is 0 Å². The van der Waals surface area contributed by atoms with Crippen molar-refractivity contribution in [1.29, 1.82) is 0 Å². The van der Waals surface area contributed by atoms with E-state index in [1.165, 1.54) is 29.2 Å². The van der Waals surface area contributed by atoms with Gasteiger partial charge in [0, 0.05) is 36.1 Å². The van der Waals surface area contributed by atoms with Crippen LogP contribution in [0.1, 0.15) is 27.7 Å². The highest BCUT2D eigenvalue weighted by Gasteiger charge is 2.33. The number of nitro benzene ring substituents is 1. The molecule has 35 heavy (non-hydrogen) atoms. The third-order valence-corrected chi connectivity index (χ3v) is 5.35. The number of rotatable bonds is 8. The minimum absolute atomic E-state index is 0.125. The summed E-state index contributed by atoms with van der Waals surface area (Å²) in [7, 11) is 0. The molecule has 0 fully saturated rings. The first-order valence-corrected chi connectivity index (χ1v) is 10.9. The van der Waals surface area contributed by atoms with Crippen LogP contribution >= 0.6 is 0 Å². The first-order valence-electron chi connectivity index (χ1n) is 10.9. The van der Waals surface area contributed by atoms with Crippen LogP contribution in [0, 0.1) is 10.1 Å². The standard InChI is InChI=1S/C27H22N4O4/c32-26(29-22-11-5-2-6-12-22)25(24-13-7-8-18-28-24)30(19-20-9-3-1-4-10-20)27(33)21-14-16-23(17-15-21)31(34)35/h1-18,25H,19H2,(H,29,32). The number of carbonyl (C=O) groups is 2. The summed E-state index contributed by atoms with van der Waals surface area (Å²) in [4.78, 5) is 43.7. The van der Waals surface area contributed by atoms with Gasteiger partial charge in [-0.25, -0.2) is 0 Å². The number of nitro groups is 1. The smallest absolute Gasteiger partial charge is 0.269 e. The van der Waals surface area contributed by atoms with Crippen molar-refractivity contribution in [3.8, 4) is 0 Å². The van der Waals surface area contributed by atoms with Crippen LogP contribution in [0.4, 0.5) is 11.4 Å². The number of anilines is 1. The van der Waals surface area contributed by atoms with Crippen molar-refractivity contribution in [2.45, 2.75) is 12.6 Å². The Balaban J connectivity index is 1.76. The molecule has 8 nitrogen and oxygen atoms in total. The first-order chi connectivity index (χ1) is 17.0. The van der Waals surface area contributed by atoms with E-state index in [0.29, 0.717) is 11.4 Å². The molecule has 174 valence electrons. The average Bonchev–Trinajstić information content (AvgIpc) is 2.90. The molecule has 2 amide bonds. The molecule has 0 saturated carbocycles. The van der Waals surface area contributed by atoms with Crippen LogP contribution in [0.5, 0.6) is 0 Å². The second kappa shape index (κ2) is 10.8. The zero-order valence-electron chi connectivity index (χ0n) is 18.7. The number of amides is 2. The molecule has 8 heteroatoms. The minimum atomic E-state index is -1.06. The molecule has 0 aliphatic rings. The Morgan fingerprint density at radius 1 is 0.857 bits per heavy atom. The van der Waals surface area contributed by atoms with Crippen LogP contribution in [-0.4, -0.2) is 26.6 Å². The fraction of sp³-hybridized carbons (Fsp3) is 0.0741. The zero-order valence-corrected chi connectivity index (χ0v) is 18.7. The first kappa shape index (κ1) is 23.3. The van der Waals surface area contributed by atoms with Crippen molar-refractivity contribution in [2.75, 3.05) is 5.32 Å². The fourth-order valence-corrected chi connectivity index (χ4v) is 3.66. The van der Waals surface area contributed by atoms with Crippen molar-refractivity contribution in [2.24, 2.45) is 0 Å². The van der Waals surface area contributed by atoms with Gasteiger partial charge >= 0.3 is 0 Å². The molecule has 0 aliphatic heterocycles. The van der Waals surface area contributed by atoms with Crippen LogP contribution in [0.3, 0.4) is 0 Å². The van der Waals surface area contributed by atoms with Gasteiger partial charge in [0.25, 0.3) is 17.5 Å².